The molecule has 7 heteroatoms. The number of aliphatic hydroxyl groups is 1. The molecule has 0 radical (unpaired) electrons. The van der Waals surface area contributed by atoms with E-state index in [-0.39, 0.29) is 0 Å². The molecule has 1 N–H and O–H groups in total. The van der Waals surface area contributed by atoms with Gasteiger partial charge in [-0.05, 0) is 148 Å². The summed E-state index contributed by atoms with van der Waals surface area (Å²) < 4.78 is 0. The van der Waals surface area contributed by atoms with E-state index in [1.165, 1.54) is 561 Å². The average molecular weight is 1700 g/mol. The Hall–Kier alpha value is -0.280. The smallest absolute Gasteiger partial charge is 0.0431 e. The highest BCUT2D eigenvalue weighted by Crippen LogP contribution is 2.48. The van der Waals surface area contributed by atoms with E-state index in [4.69, 9.17) is 0 Å². The molecular weight excluding hydrogens is 1510 g/mol. The first-order valence-corrected chi connectivity index (χ1v) is 57.9. The van der Waals surface area contributed by atoms with Crippen LogP contribution in [-0.4, -0.2) is 46.2 Å². The topological polar surface area (TPSA) is 20.2 Å². The highest BCUT2D eigenvalue weighted by atomic mass is 32.2. The second-order valence-electron chi connectivity index (χ2n) is 36.2. The third kappa shape index (κ3) is 57.8. The molecule has 0 amide bonds. The van der Waals surface area contributed by atoms with Gasteiger partial charge in [-0.15, -0.1) is 70.6 Å². The molecule has 4 rings (SSSR count). The number of thioether (sulfide) groups is 6. The van der Waals surface area contributed by atoms with Gasteiger partial charge in [0.1, 0.15) is 0 Å². The second kappa shape index (κ2) is 82.0. The van der Waals surface area contributed by atoms with Crippen molar-refractivity contribution in [2.24, 2.45) is 0 Å². The number of hydrogen-bond donors (Lipinski definition) is 1. The van der Waals surface area contributed by atoms with E-state index in [9.17, 15) is 5.11 Å². The van der Waals surface area contributed by atoms with Crippen molar-refractivity contribution >= 4 is 103 Å². The summed E-state index contributed by atoms with van der Waals surface area (Å²) in [5.41, 5.74) is 0. The van der Waals surface area contributed by atoms with Crippen LogP contribution in [0.3, 0.4) is 0 Å². The number of aliphatic hydroxyl groups excluding tert-OH is 1. The zero-order valence-electron chi connectivity index (χ0n) is 77.5. The Labute approximate surface area is 744 Å². The van der Waals surface area contributed by atoms with Gasteiger partial charge in [-0.1, -0.05) is 490 Å². The van der Waals surface area contributed by atoms with E-state index in [1.807, 2.05) is 0 Å². The van der Waals surface area contributed by atoms with E-state index < -0.39 is 0 Å². The predicted molar refractivity (Wildman–Crippen MR) is 539 cm³/mol. The van der Waals surface area contributed by atoms with Crippen molar-refractivity contribution in [3.05, 3.63) is 36.4 Å². The Morgan fingerprint density at radius 3 is 0.339 bits per heavy atom. The molecule has 1 nitrogen and oxygen atoms in total. The summed E-state index contributed by atoms with van der Waals surface area (Å²) in [7, 11) is 0. The molecule has 0 atom stereocenters. The van der Waals surface area contributed by atoms with Gasteiger partial charge in [0.05, 0.1) is 0 Å². The van der Waals surface area contributed by atoms with Crippen LogP contribution in [0.5, 0.6) is 0 Å². The Bertz CT molecular complexity index is 2620. The molecule has 0 spiro atoms. The summed E-state index contributed by atoms with van der Waals surface area (Å²) in [5, 5.41) is 18.5. The fourth-order valence-electron chi connectivity index (χ4n) is 17.5. The number of benzene rings is 4. The average Bonchev–Trinajstić information content (AvgIpc) is 0.726. The molecule has 4 aromatic rings. The van der Waals surface area contributed by atoms with E-state index >= 15 is 0 Å². The quantitative estimate of drug-likeness (QED) is 0.0267. The molecule has 0 aliphatic carbocycles. The molecule has 666 valence electrons. The maximum atomic E-state index is 9.41. The minimum atomic E-state index is 0.344. The molecule has 4 aromatic carbocycles. The lowest BCUT2D eigenvalue weighted by Crippen LogP contribution is -1.94. The van der Waals surface area contributed by atoms with Gasteiger partial charge in [0.25, 0.3) is 0 Å². The van der Waals surface area contributed by atoms with Gasteiger partial charge < -0.3 is 5.11 Å². The SMILES string of the molecule is CCCCCCCCCCCCCCCCSc1cc2c(cc1SCCCCCCCCCCO)c1cc(SCCCCCCCCCCCCCCCC)c(SCCCCCCCCCCCCCCCC)cc1c1cc(SCCCCCCCCCCCCCCCC)c(SCCCCCCCCCCCCCCCC)cc21. The van der Waals surface area contributed by atoms with Crippen molar-refractivity contribution in [1.82, 2.24) is 0 Å². The summed E-state index contributed by atoms with van der Waals surface area (Å²) in [4.78, 5) is 9.36. The minimum Gasteiger partial charge on any atom is -0.396 e. The molecular formula is C108H192OS6. The summed E-state index contributed by atoms with van der Waals surface area (Å²) in [5.74, 6) is 7.34. The molecule has 0 saturated carbocycles. The van der Waals surface area contributed by atoms with Crippen LogP contribution in [0.4, 0.5) is 0 Å². The van der Waals surface area contributed by atoms with Crippen LogP contribution >= 0.6 is 70.6 Å². The standard InChI is InChI=1S/C108H192OS6/c1-6-11-16-21-26-31-36-41-46-51-57-64-71-78-85-110-103-91-97-98-92-104(111-86-79-72-65-58-52-47-42-37-32-27-22-17-12-7-2)106(113-88-81-74-67-60-54-49-44-39-34-29-24-19-14-9-4)94-100(98)102-96-108(115-90-83-76-69-62-56-63-70-77-84-109)107(114-89-82-75-68-61-55-50-45-40-35-30-25-20-15-10-5)95-101(102)99(97)93-105(103)112-87-80-73-66-59-53-48-43-38-33-28-23-18-13-8-3/h91-96,109H,6-90H2,1-5H3. The van der Waals surface area contributed by atoms with Gasteiger partial charge in [-0.2, -0.15) is 0 Å². The summed E-state index contributed by atoms with van der Waals surface area (Å²) in [6.45, 7) is 12.0. The van der Waals surface area contributed by atoms with Gasteiger partial charge in [0.2, 0.25) is 0 Å². The van der Waals surface area contributed by atoms with Gasteiger partial charge >= 0.3 is 0 Å². The molecule has 0 aliphatic heterocycles. The fourth-order valence-corrected chi connectivity index (χ4v) is 24.4. The number of fused-ring (bicyclic) bond motifs is 6. The molecule has 115 heavy (non-hydrogen) atoms. The van der Waals surface area contributed by atoms with E-state index in [0.717, 1.165) is 6.42 Å². The third-order valence-corrected chi connectivity index (χ3v) is 32.4. The molecule has 0 bridgehead atoms. The normalized spacial score (nSPS) is 11.9. The number of unbranched alkanes of at least 4 members (excludes halogenated alkanes) is 72. The zero-order valence-corrected chi connectivity index (χ0v) is 82.4. The van der Waals surface area contributed by atoms with Crippen LogP contribution in [0.15, 0.2) is 65.8 Å². The molecule has 0 unspecified atom stereocenters. The molecule has 0 aromatic heterocycles. The van der Waals surface area contributed by atoms with Crippen molar-refractivity contribution in [3.8, 4) is 0 Å². The van der Waals surface area contributed by atoms with Crippen LogP contribution in [-0.2, 0) is 0 Å². The summed E-state index contributed by atoms with van der Waals surface area (Å²) in [6.07, 6.45) is 109. The van der Waals surface area contributed by atoms with Crippen molar-refractivity contribution in [2.45, 2.75) is 565 Å². The predicted octanol–water partition coefficient (Wildman–Crippen LogP) is 41.2. The minimum absolute atomic E-state index is 0.344. The lowest BCUT2D eigenvalue weighted by atomic mass is 9.94. The van der Waals surface area contributed by atoms with Crippen LogP contribution in [0, 0.1) is 0 Å². The first-order valence-electron chi connectivity index (χ1n) is 52.0. The van der Waals surface area contributed by atoms with E-state index in [1.54, 1.807) is 29.4 Å². The van der Waals surface area contributed by atoms with Crippen molar-refractivity contribution in [3.63, 3.8) is 0 Å². The van der Waals surface area contributed by atoms with Crippen LogP contribution in [0.2, 0.25) is 0 Å². The van der Waals surface area contributed by atoms with Crippen LogP contribution < -0.4 is 0 Å². The summed E-state index contributed by atoms with van der Waals surface area (Å²) >= 11 is 13.3. The second-order valence-corrected chi connectivity index (χ2v) is 43.0. The van der Waals surface area contributed by atoms with Gasteiger partial charge in [-0.3, -0.25) is 0 Å². The molecule has 0 saturated heterocycles. The van der Waals surface area contributed by atoms with Crippen molar-refractivity contribution in [1.29, 1.82) is 0 Å². The molecule has 0 heterocycles. The Kier molecular flexibility index (Phi) is 76.4. The fraction of sp³-hybridized carbons (Fsp3) is 0.833. The van der Waals surface area contributed by atoms with Crippen molar-refractivity contribution in [2.75, 3.05) is 41.1 Å². The highest BCUT2D eigenvalue weighted by Gasteiger charge is 2.20. The Balaban J connectivity index is 1.72. The number of hydrogen-bond acceptors (Lipinski definition) is 7. The van der Waals surface area contributed by atoms with Gasteiger partial charge in [0.15, 0.2) is 0 Å². The maximum Gasteiger partial charge on any atom is 0.0431 e. The lowest BCUT2D eigenvalue weighted by molar-refractivity contribution is 0.282. The number of rotatable bonds is 91. The van der Waals surface area contributed by atoms with Gasteiger partial charge in [-0.25, -0.2) is 0 Å². The summed E-state index contributed by atoms with van der Waals surface area (Å²) in [6, 6.07) is 16.6. The van der Waals surface area contributed by atoms with Crippen molar-refractivity contribution < 1.29 is 5.11 Å². The third-order valence-electron chi connectivity index (χ3n) is 25.2. The lowest BCUT2D eigenvalue weighted by Gasteiger charge is -2.20. The Morgan fingerprint density at radius 1 is 0.139 bits per heavy atom. The Morgan fingerprint density at radius 2 is 0.235 bits per heavy atom. The zero-order chi connectivity index (χ0) is 81.5. The van der Waals surface area contributed by atoms with Crippen LogP contribution in [0.25, 0.3) is 32.3 Å². The van der Waals surface area contributed by atoms with E-state index in [0.29, 0.717) is 6.61 Å². The van der Waals surface area contributed by atoms with Gasteiger partial charge in [0, 0.05) is 36.0 Å². The first kappa shape index (κ1) is 107. The van der Waals surface area contributed by atoms with E-state index in [2.05, 4.69) is 142 Å². The highest BCUT2D eigenvalue weighted by molar-refractivity contribution is 8.03. The largest absolute Gasteiger partial charge is 0.396 e. The maximum absolute atomic E-state index is 9.41. The van der Waals surface area contributed by atoms with Crippen LogP contribution in [0.1, 0.15) is 535 Å². The monoisotopic (exact) mass is 1700 g/mol. The molecule has 0 fully saturated rings. The first-order chi connectivity index (χ1) is 57.1. The molecule has 0 aliphatic rings.